The number of amides is 1. The van der Waals surface area contributed by atoms with Crippen LogP contribution in [-0.4, -0.2) is 5.91 Å². The monoisotopic (exact) mass is 165 g/mol. The molecule has 0 rings (SSSR count). The number of allylic oxidation sites excluding steroid dienone is 4. The lowest BCUT2D eigenvalue weighted by molar-refractivity contribution is -0.118. The zero-order valence-electron chi connectivity index (χ0n) is 7.85. The zero-order chi connectivity index (χ0) is 9.56. The molecule has 0 fully saturated rings. The molecule has 0 spiro atoms. The van der Waals surface area contributed by atoms with Crippen LogP contribution >= 0.6 is 0 Å². The van der Waals surface area contributed by atoms with E-state index in [0.29, 0.717) is 0 Å². The standard InChI is InChI=1S/C10H15NO/c1-5-7-10(8(3)6-2)11-9(4)12/h5-7H,1H2,2-4H3,(H,11,12)/b8-6-,10-7+. The van der Waals surface area contributed by atoms with Gasteiger partial charge in [-0.3, -0.25) is 4.79 Å². The summed E-state index contributed by atoms with van der Waals surface area (Å²) in [5.74, 6) is -0.0655. The second kappa shape index (κ2) is 5.35. The van der Waals surface area contributed by atoms with Gasteiger partial charge in [0.05, 0.1) is 0 Å². The van der Waals surface area contributed by atoms with Crippen LogP contribution in [0.5, 0.6) is 0 Å². The van der Waals surface area contributed by atoms with Gasteiger partial charge in [0, 0.05) is 12.6 Å². The summed E-state index contributed by atoms with van der Waals surface area (Å²) in [6, 6.07) is 0. The van der Waals surface area contributed by atoms with Crippen molar-refractivity contribution in [3.05, 3.63) is 36.1 Å². The maximum atomic E-state index is 10.7. The molecule has 0 aliphatic heterocycles. The van der Waals surface area contributed by atoms with Gasteiger partial charge >= 0.3 is 0 Å². The summed E-state index contributed by atoms with van der Waals surface area (Å²) in [6.45, 7) is 8.92. The molecule has 66 valence electrons. The average Bonchev–Trinajstić information content (AvgIpc) is 2.01. The fourth-order valence-electron chi connectivity index (χ4n) is 0.735. The van der Waals surface area contributed by atoms with Gasteiger partial charge in [-0.25, -0.2) is 0 Å². The first kappa shape index (κ1) is 10.7. The molecule has 0 aromatic heterocycles. The minimum Gasteiger partial charge on any atom is -0.326 e. The van der Waals surface area contributed by atoms with Crippen LogP contribution in [0.3, 0.4) is 0 Å². The van der Waals surface area contributed by atoms with E-state index in [1.165, 1.54) is 6.92 Å². The van der Waals surface area contributed by atoms with E-state index in [-0.39, 0.29) is 5.91 Å². The Morgan fingerprint density at radius 2 is 2.00 bits per heavy atom. The second-order valence-electron chi connectivity index (χ2n) is 2.47. The van der Waals surface area contributed by atoms with Crippen LogP contribution in [-0.2, 0) is 4.79 Å². The molecule has 0 aromatic rings. The molecule has 2 nitrogen and oxygen atoms in total. The molecule has 12 heavy (non-hydrogen) atoms. The quantitative estimate of drug-likeness (QED) is 0.638. The lowest BCUT2D eigenvalue weighted by Crippen LogP contribution is -2.19. The number of carbonyl (C=O) groups excluding carboxylic acids is 1. The van der Waals surface area contributed by atoms with E-state index in [1.807, 2.05) is 19.9 Å². The van der Waals surface area contributed by atoms with E-state index < -0.39 is 0 Å². The van der Waals surface area contributed by atoms with Gasteiger partial charge in [-0.05, 0) is 25.5 Å². The minimum atomic E-state index is -0.0655. The highest BCUT2D eigenvalue weighted by molar-refractivity contribution is 5.76. The van der Waals surface area contributed by atoms with Crippen molar-refractivity contribution in [2.75, 3.05) is 0 Å². The molecule has 0 aliphatic rings. The fourth-order valence-corrected chi connectivity index (χ4v) is 0.735. The summed E-state index contributed by atoms with van der Waals surface area (Å²) < 4.78 is 0. The van der Waals surface area contributed by atoms with Crippen molar-refractivity contribution in [3.8, 4) is 0 Å². The largest absolute Gasteiger partial charge is 0.326 e. The molecular weight excluding hydrogens is 150 g/mol. The van der Waals surface area contributed by atoms with E-state index in [4.69, 9.17) is 0 Å². The van der Waals surface area contributed by atoms with Crippen LogP contribution in [0.15, 0.2) is 36.1 Å². The third-order valence-electron chi connectivity index (χ3n) is 1.45. The van der Waals surface area contributed by atoms with Crippen LogP contribution in [0.4, 0.5) is 0 Å². The Hall–Kier alpha value is -1.31. The van der Waals surface area contributed by atoms with Crippen molar-refractivity contribution in [1.29, 1.82) is 0 Å². The third-order valence-corrected chi connectivity index (χ3v) is 1.45. The van der Waals surface area contributed by atoms with Crippen LogP contribution in [0.1, 0.15) is 20.8 Å². The zero-order valence-corrected chi connectivity index (χ0v) is 7.85. The highest BCUT2D eigenvalue weighted by Crippen LogP contribution is 2.04. The van der Waals surface area contributed by atoms with Gasteiger partial charge in [0.15, 0.2) is 0 Å². The lowest BCUT2D eigenvalue weighted by atomic mass is 10.2. The van der Waals surface area contributed by atoms with Crippen LogP contribution in [0, 0.1) is 0 Å². The fraction of sp³-hybridized carbons (Fsp3) is 0.300. The van der Waals surface area contributed by atoms with Gasteiger partial charge in [-0.1, -0.05) is 18.7 Å². The van der Waals surface area contributed by atoms with E-state index in [1.54, 1.807) is 12.2 Å². The van der Waals surface area contributed by atoms with E-state index in [9.17, 15) is 4.79 Å². The molecule has 0 atom stereocenters. The summed E-state index contributed by atoms with van der Waals surface area (Å²) >= 11 is 0. The van der Waals surface area contributed by atoms with Gasteiger partial charge in [-0.15, -0.1) is 0 Å². The Labute approximate surface area is 73.7 Å². The average molecular weight is 165 g/mol. The molecule has 0 bridgehead atoms. The number of nitrogens with one attached hydrogen (secondary N) is 1. The first-order valence-electron chi connectivity index (χ1n) is 3.85. The van der Waals surface area contributed by atoms with E-state index in [0.717, 1.165) is 11.3 Å². The van der Waals surface area contributed by atoms with Gasteiger partial charge in [-0.2, -0.15) is 0 Å². The van der Waals surface area contributed by atoms with Crippen molar-refractivity contribution in [3.63, 3.8) is 0 Å². The van der Waals surface area contributed by atoms with Crippen molar-refractivity contribution in [2.45, 2.75) is 20.8 Å². The molecule has 1 amide bonds. The molecule has 0 heterocycles. The first-order valence-corrected chi connectivity index (χ1v) is 3.85. The molecule has 0 radical (unpaired) electrons. The summed E-state index contributed by atoms with van der Waals surface area (Å²) in [5, 5.41) is 2.71. The van der Waals surface area contributed by atoms with Crippen molar-refractivity contribution >= 4 is 5.91 Å². The summed E-state index contributed by atoms with van der Waals surface area (Å²) in [4.78, 5) is 10.7. The molecule has 0 aliphatic carbocycles. The van der Waals surface area contributed by atoms with E-state index >= 15 is 0 Å². The second-order valence-corrected chi connectivity index (χ2v) is 2.47. The topological polar surface area (TPSA) is 29.1 Å². The Kier molecular flexibility index (Phi) is 4.77. The van der Waals surface area contributed by atoms with Gasteiger partial charge < -0.3 is 5.32 Å². The molecule has 0 saturated heterocycles. The van der Waals surface area contributed by atoms with Crippen LogP contribution in [0.2, 0.25) is 0 Å². The highest BCUT2D eigenvalue weighted by atomic mass is 16.1. The van der Waals surface area contributed by atoms with Gasteiger partial charge in [0.2, 0.25) is 5.91 Å². The number of hydrogen-bond donors (Lipinski definition) is 1. The molecule has 0 saturated carbocycles. The number of hydrogen-bond acceptors (Lipinski definition) is 1. The Morgan fingerprint density at radius 3 is 2.33 bits per heavy atom. The lowest BCUT2D eigenvalue weighted by Gasteiger charge is -2.06. The molecular formula is C10H15NO. The third kappa shape index (κ3) is 3.76. The predicted molar refractivity (Wildman–Crippen MR) is 51.5 cm³/mol. The van der Waals surface area contributed by atoms with Crippen LogP contribution < -0.4 is 5.32 Å². The Balaban J connectivity index is 4.56. The maximum absolute atomic E-state index is 10.7. The van der Waals surface area contributed by atoms with Crippen LogP contribution in [0.25, 0.3) is 0 Å². The molecule has 2 heteroatoms. The predicted octanol–water partition coefficient (Wildman–Crippen LogP) is 2.16. The smallest absolute Gasteiger partial charge is 0.221 e. The highest BCUT2D eigenvalue weighted by Gasteiger charge is 1.98. The SMILES string of the molecule is C=C/C=C(NC(C)=O)\C(C)=C/C. The van der Waals surface area contributed by atoms with Gasteiger partial charge in [0.1, 0.15) is 0 Å². The Morgan fingerprint density at radius 1 is 1.42 bits per heavy atom. The van der Waals surface area contributed by atoms with Crippen molar-refractivity contribution in [2.24, 2.45) is 0 Å². The Bertz CT molecular complexity index is 236. The van der Waals surface area contributed by atoms with Gasteiger partial charge in [0.25, 0.3) is 0 Å². The van der Waals surface area contributed by atoms with E-state index in [2.05, 4.69) is 11.9 Å². The normalized spacial score (nSPS) is 12.6. The summed E-state index contributed by atoms with van der Waals surface area (Å²) in [7, 11) is 0. The maximum Gasteiger partial charge on any atom is 0.221 e. The summed E-state index contributed by atoms with van der Waals surface area (Å²) in [5.41, 5.74) is 1.84. The minimum absolute atomic E-state index is 0.0655. The van der Waals surface area contributed by atoms with Crippen molar-refractivity contribution in [1.82, 2.24) is 5.32 Å². The van der Waals surface area contributed by atoms with Crippen molar-refractivity contribution < 1.29 is 4.79 Å². The summed E-state index contributed by atoms with van der Waals surface area (Å²) in [6.07, 6.45) is 5.36. The number of rotatable bonds is 3. The first-order chi connectivity index (χ1) is 5.61. The molecule has 0 aromatic carbocycles. The molecule has 1 N–H and O–H groups in total. The molecule has 0 unspecified atom stereocenters. The number of carbonyl (C=O) groups is 1.